The van der Waals surface area contributed by atoms with Crippen LogP contribution in [-0.2, 0) is 11.4 Å². The first-order chi connectivity index (χ1) is 24.0. The molecular weight excluding hydrogens is 643 g/mol. The van der Waals surface area contributed by atoms with Gasteiger partial charge in [-0.3, -0.25) is 4.90 Å². The number of benzene rings is 6. The summed E-state index contributed by atoms with van der Waals surface area (Å²) in [6, 6.07) is 57.1. The molecule has 8 rings (SSSR count). The summed E-state index contributed by atoms with van der Waals surface area (Å²) in [6.45, 7) is 2.15. The average molecular weight is 676 g/mol. The van der Waals surface area contributed by atoms with Crippen molar-refractivity contribution in [1.82, 2.24) is 10.2 Å². The van der Waals surface area contributed by atoms with Gasteiger partial charge in [0.2, 0.25) is 0 Å². The Hall–Kier alpha value is -5.42. The molecule has 0 bridgehead atoms. The summed E-state index contributed by atoms with van der Waals surface area (Å²) in [5, 5.41) is 5.15. The number of halogens is 2. The molecule has 0 aromatic heterocycles. The third kappa shape index (κ3) is 5.25. The summed E-state index contributed by atoms with van der Waals surface area (Å²) in [5.74, 6) is -1.38. The van der Waals surface area contributed by atoms with Gasteiger partial charge in [0.1, 0.15) is 5.66 Å². The Balaban J connectivity index is 1.54. The Bertz CT molecular complexity index is 2180. The summed E-state index contributed by atoms with van der Waals surface area (Å²) in [4.78, 5) is 13.8. The first-order valence-electron chi connectivity index (χ1n) is 16.2. The third-order valence-corrected chi connectivity index (χ3v) is 9.84. The molecule has 6 heteroatoms. The highest BCUT2D eigenvalue weighted by Gasteiger charge is 2.57. The highest BCUT2D eigenvalue weighted by Crippen LogP contribution is 2.55. The molecule has 6 aromatic rings. The van der Waals surface area contributed by atoms with E-state index in [0.717, 1.165) is 56.2 Å². The molecule has 1 unspecified atom stereocenters. The van der Waals surface area contributed by atoms with Gasteiger partial charge in [0, 0.05) is 32.8 Å². The van der Waals surface area contributed by atoms with Gasteiger partial charge in [-0.25, -0.2) is 9.98 Å². The first kappa shape index (κ1) is 30.9. The molecule has 0 radical (unpaired) electrons. The standard InChI is InChI=1S/C43H32Cl2N4/c1-42(34-26-14-16-28-36(34)44)46-40(32-22-10-4-11-23-32)41(33-24-12-5-13-25-33)49(42)43(35-27-15-17-29-37(35)45)47-38(30-18-6-2-7-19-30)39(48-43)31-20-8-3-9-21-31/h2-29,46H,1H3. The Kier molecular flexibility index (Phi) is 7.91. The van der Waals surface area contributed by atoms with Gasteiger partial charge in [0.05, 0.1) is 27.8 Å². The zero-order chi connectivity index (χ0) is 33.4. The monoisotopic (exact) mass is 674 g/mol. The number of hydrogen-bond acceptors (Lipinski definition) is 4. The minimum absolute atomic E-state index is 0.554. The minimum atomic E-state index is -1.38. The fraction of sp³-hybridized carbons (Fsp3) is 0.0698. The highest BCUT2D eigenvalue weighted by molar-refractivity contribution is 6.54. The van der Waals surface area contributed by atoms with Crippen molar-refractivity contribution in [2.75, 3.05) is 0 Å². The summed E-state index contributed by atoms with van der Waals surface area (Å²) in [7, 11) is 0. The van der Waals surface area contributed by atoms with Gasteiger partial charge in [-0.2, -0.15) is 0 Å². The molecule has 0 aliphatic carbocycles. The van der Waals surface area contributed by atoms with Crippen molar-refractivity contribution in [1.29, 1.82) is 0 Å². The van der Waals surface area contributed by atoms with Crippen molar-refractivity contribution in [3.8, 4) is 0 Å². The molecule has 1 atom stereocenters. The van der Waals surface area contributed by atoms with Gasteiger partial charge in [-0.15, -0.1) is 0 Å². The maximum absolute atomic E-state index is 7.25. The summed E-state index contributed by atoms with van der Waals surface area (Å²) in [5.41, 5.74) is 7.99. The fourth-order valence-corrected chi connectivity index (χ4v) is 7.58. The van der Waals surface area contributed by atoms with Crippen LogP contribution >= 0.6 is 23.2 Å². The van der Waals surface area contributed by atoms with Crippen LogP contribution in [0.2, 0.25) is 10.0 Å². The molecule has 0 fully saturated rings. The van der Waals surface area contributed by atoms with Gasteiger partial charge in [0.25, 0.3) is 5.79 Å². The smallest absolute Gasteiger partial charge is 0.259 e. The van der Waals surface area contributed by atoms with Crippen molar-refractivity contribution in [2.45, 2.75) is 18.4 Å². The van der Waals surface area contributed by atoms with Gasteiger partial charge >= 0.3 is 0 Å². The molecule has 1 N–H and O–H groups in total. The predicted octanol–water partition coefficient (Wildman–Crippen LogP) is 10.4. The van der Waals surface area contributed by atoms with Crippen LogP contribution in [0.5, 0.6) is 0 Å². The van der Waals surface area contributed by atoms with Crippen molar-refractivity contribution in [2.24, 2.45) is 9.98 Å². The Labute approximate surface area is 296 Å². The molecule has 2 heterocycles. The zero-order valence-corrected chi connectivity index (χ0v) is 28.3. The number of nitrogens with one attached hydrogen (secondary N) is 1. The molecule has 0 saturated carbocycles. The molecule has 0 saturated heterocycles. The number of hydrogen-bond donors (Lipinski definition) is 1. The molecule has 0 amide bonds. The third-order valence-electron chi connectivity index (χ3n) is 9.19. The van der Waals surface area contributed by atoms with Crippen LogP contribution in [0.1, 0.15) is 40.3 Å². The molecular formula is C43H32Cl2N4. The molecule has 2 aliphatic heterocycles. The molecule has 0 spiro atoms. The lowest BCUT2D eigenvalue weighted by atomic mass is 9.94. The van der Waals surface area contributed by atoms with Gasteiger partial charge in [-0.1, -0.05) is 181 Å². The van der Waals surface area contributed by atoms with E-state index in [2.05, 4.69) is 96.0 Å². The fourth-order valence-electron chi connectivity index (χ4n) is 7.00. The minimum Gasteiger partial charge on any atom is -0.357 e. The molecule has 238 valence electrons. The lowest BCUT2D eigenvalue weighted by Crippen LogP contribution is -2.55. The van der Waals surface area contributed by atoms with Gasteiger partial charge in [0.15, 0.2) is 0 Å². The van der Waals surface area contributed by atoms with Crippen LogP contribution in [0.3, 0.4) is 0 Å². The summed E-state index contributed by atoms with van der Waals surface area (Å²) < 4.78 is 0. The second-order valence-corrected chi connectivity index (χ2v) is 13.1. The number of aliphatic imine (C=N–C) groups is 2. The Morgan fingerprint density at radius 2 is 0.857 bits per heavy atom. The quantitative estimate of drug-likeness (QED) is 0.183. The second kappa shape index (κ2) is 12.6. The van der Waals surface area contributed by atoms with Crippen LogP contribution in [0.4, 0.5) is 0 Å². The highest BCUT2D eigenvalue weighted by atomic mass is 35.5. The van der Waals surface area contributed by atoms with Crippen LogP contribution in [0, 0.1) is 0 Å². The second-order valence-electron chi connectivity index (χ2n) is 12.2. The number of rotatable bonds is 7. The predicted molar refractivity (Wildman–Crippen MR) is 203 cm³/mol. The molecule has 6 aromatic carbocycles. The maximum atomic E-state index is 7.25. The summed E-state index contributed by atoms with van der Waals surface area (Å²) in [6.07, 6.45) is 0. The lowest BCUT2D eigenvalue weighted by molar-refractivity contribution is 0.0545. The van der Waals surface area contributed by atoms with E-state index in [9.17, 15) is 0 Å². The molecule has 2 aliphatic rings. The summed E-state index contributed by atoms with van der Waals surface area (Å²) >= 11 is 14.4. The Morgan fingerprint density at radius 1 is 0.469 bits per heavy atom. The van der Waals surface area contributed by atoms with E-state index >= 15 is 0 Å². The van der Waals surface area contributed by atoms with E-state index in [1.807, 2.05) is 91.0 Å². The van der Waals surface area contributed by atoms with Gasteiger partial charge < -0.3 is 5.32 Å². The Morgan fingerprint density at radius 3 is 1.33 bits per heavy atom. The average Bonchev–Trinajstić information content (AvgIpc) is 3.71. The zero-order valence-electron chi connectivity index (χ0n) is 26.8. The largest absolute Gasteiger partial charge is 0.357 e. The van der Waals surface area contributed by atoms with E-state index in [-0.39, 0.29) is 0 Å². The van der Waals surface area contributed by atoms with Crippen LogP contribution in [0.15, 0.2) is 180 Å². The van der Waals surface area contributed by atoms with Crippen molar-refractivity contribution in [3.05, 3.63) is 213 Å². The SMILES string of the molecule is CC1(c2ccccc2Cl)NC(c2ccccc2)=C(c2ccccc2)N1C1(c2ccccc2Cl)N=C(c2ccccc2)C(c2ccccc2)=N1. The van der Waals surface area contributed by atoms with Crippen molar-refractivity contribution < 1.29 is 0 Å². The van der Waals surface area contributed by atoms with E-state index in [1.165, 1.54) is 0 Å². The lowest BCUT2D eigenvalue weighted by Gasteiger charge is -2.47. The van der Waals surface area contributed by atoms with E-state index < -0.39 is 11.4 Å². The topological polar surface area (TPSA) is 40.0 Å². The first-order valence-corrected chi connectivity index (χ1v) is 17.0. The number of nitrogens with zero attached hydrogens (tertiary/aromatic N) is 3. The van der Waals surface area contributed by atoms with Crippen LogP contribution in [-0.4, -0.2) is 16.3 Å². The van der Waals surface area contributed by atoms with Gasteiger partial charge in [-0.05, 0) is 24.6 Å². The van der Waals surface area contributed by atoms with Crippen LogP contribution < -0.4 is 5.32 Å². The van der Waals surface area contributed by atoms with Crippen molar-refractivity contribution in [3.63, 3.8) is 0 Å². The van der Waals surface area contributed by atoms with E-state index in [4.69, 9.17) is 33.2 Å². The molecule has 4 nitrogen and oxygen atoms in total. The maximum Gasteiger partial charge on any atom is 0.259 e. The molecule has 49 heavy (non-hydrogen) atoms. The normalized spacial score (nSPS) is 18.2. The van der Waals surface area contributed by atoms with Crippen LogP contribution in [0.25, 0.3) is 11.4 Å². The van der Waals surface area contributed by atoms with Crippen molar-refractivity contribution >= 4 is 46.0 Å². The van der Waals surface area contributed by atoms with E-state index in [0.29, 0.717) is 10.0 Å². The van der Waals surface area contributed by atoms with E-state index in [1.54, 1.807) is 0 Å².